The molecular formula is C13H19ClN2O2. The van der Waals surface area contributed by atoms with Crippen LogP contribution in [0.3, 0.4) is 0 Å². The summed E-state index contributed by atoms with van der Waals surface area (Å²) in [6.07, 6.45) is 0.661. The van der Waals surface area contributed by atoms with E-state index in [4.69, 9.17) is 22.1 Å². The molecule has 0 fully saturated rings. The van der Waals surface area contributed by atoms with Gasteiger partial charge in [0.25, 0.3) is 0 Å². The van der Waals surface area contributed by atoms with Gasteiger partial charge in [-0.3, -0.25) is 4.79 Å². The number of hydrogen-bond acceptors (Lipinski definition) is 3. The molecule has 0 spiro atoms. The highest BCUT2D eigenvalue weighted by atomic mass is 35.5. The lowest BCUT2D eigenvalue weighted by atomic mass is 10.1. The fourth-order valence-corrected chi connectivity index (χ4v) is 1.72. The van der Waals surface area contributed by atoms with Crippen LogP contribution < -0.4 is 15.8 Å². The highest BCUT2D eigenvalue weighted by Gasteiger charge is 2.08. The molecular weight excluding hydrogens is 252 g/mol. The van der Waals surface area contributed by atoms with Gasteiger partial charge in [0, 0.05) is 11.6 Å². The summed E-state index contributed by atoms with van der Waals surface area (Å²) in [5.41, 5.74) is 6.44. The van der Waals surface area contributed by atoms with Crippen LogP contribution >= 0.6 is 11.6 Å². The molecule has 100 valence electrons. The number of rotatable bonds is 6. The highest BCUT2D eigenvalue weighted by Crippen LogP contribution is 2.23. The summed E-state index contributed by atoms with van der Waals surface area (Å²) in [5, 5.41) is 3.42. The van der Waals surface area contributed by atoms with E-state index in [2.05, 4.69) is 5.32 Å². The minimum absolute atomic E-state index is 0.157. The molecule has 4 nitrogen and oxygen atoms in total. The van der Waals surface area contributed by atoms with Crippen molar-refractivity contribution in [3.05, 3.63) is 28.8 Å². The molecule has 1 aromatic rings. The Morgan fingerprint density at radius 2 is 2.28 bits per heavy atom. The molecule has 0 saturated heterocycles. The van der Waals surface area contributed by atoms with Gasteiger partial charge in [-0.05, 0) is 44.0 Å². The zero-order valence-electron chi connectivity index (χ0n) is 10.7. The first-order chi connectivity index (χ1) is 8.54. The van der Waals surface area contributed by atoms with E-state index in [-0.39, 0.29) is 5.91 Å². The number of halogens is 1. The van der Waals surface area contributed by atoms with Gasteiger partial charge in [0.15, 0.2) is 0 Å². The summed E-state index contributed by atoms with van der Waals surface area (Å²) < 4.78 is 5.50. The average molecular weight is 271 g/mol. The first-order valence-electron chi connectivity index (χ1n) is 5.99. The van der Waals surface area contributed by atoms with Gasteiger partial charge in [0.2, 0.25) is 5.91 Å². The number of hydrogen-bond donors (Lipinski definition) is 2. The van der Waals surface area contributed by atoms with Gasteiger partial charge in [-0.2, -0.15) is 0 Å². The van der Waals surface area contributed by atoms with Crippen LogP contribution in [0.4, 0.5) is 0 Å². The van der Waals surface area contributed by atoms with Gasteiger partial charge in [0.1, 0.15) is 5.75 Å². The summed E-state index contributed by atoms with van der Waals surface area (Å²) in [4.78, 5) is 11.3. The topological polar surface area (TPSA) is 64.3 Å². The van der Waals surface area contributed by atoms with Crippen molar-refractivity contribution in [1.29, 1.82) is 0 Å². The van der Waals surface area contributed by atoms with Crippen molar-refractivity contribution >= 4 is 17.5 Å². The first-order valence-corrected chi connectivity index (χ1v) is 6.37. The molecule has 5 heteroatoms. The molecule has 1 rings (SSSR count). The Kier molecular flexibility index (Phi) is 5.95. The van der Waals surface area contributed by atoms with Crippen LogP contribution in [-0.2, 0) is 11.2 Å². The predicted molar refractivity (Wildman–Crippen MR) is 73.0 cm³/mol. The molecule has 0 aliphatic heterocycles. The number of ether oxygens (including phenoxy) is 1. The smallest absolute Gasteiger partial charge is 0.236 e. The van der Waals surface area contributed by atoms with Gasteiger partial charge in [-0.1, -0.05) is 11.6 Å². The Bertz CT molecular complexity index is 408. The van der Waals surface area contributed by atoms with Crippen molar-refractivity contribution in [2.24, 2.45) is 5.73 Å². The number of amides is 1. The molecule has 0 bridgehead atoms. The van der Waals surface area contributed by atoms with Crippen LogP contribution in [0, 0.1) is 0 Å². The van der Waals surface area contributed by atoms with Crippen LogP contribution in [0.5, 0.6) is 5.75 Å². The average Bonchev–Trinajstić information content (AvgIpc) is 2.32. The molecule has 0 saturated carbocycles. The fraction of sp³-hybridized carbons (Fsp3) is 0.462. The predicted octanol–water partition coefficient (Wildman–Crippen LogP) is 1.74. The normalized spacial score (nSPS) is 12.0. The Labute approximate surface area is 112 Å². The van der Waals surface area contributed by atoms with E-state index >= 15 is 0 Å². The van der Waals surface area contributed by atoms with Crippen molar-refractivity contribution in [2.45, 2.75) is 26.3 Å². The summed E-state index contributed by atoms with van der Waals surface area (Å²) in [6, 6.07) is 4.99. The zero-order valence-corrected chi connectivity index (χ0v) is 11.5. The Hall–Kier alpha value is -1.26. The van der Waals surface area contributed by atoms with Crippen LogP contribution in [0.25, 0.3) is 0 Å². The van der Waals surface area contributed by atoms with Gasteiger partial charge in [0.05, 0.1) is 12.6 Å². The molecule has 1 amide bonds. The quantitative estimate of drug-likeness (QED) is 0.828. The van der Waals surface area contributed by atoms with Crippen LogP contribution in [-0.4, -0.2) is 25.1 Å². The first kappa shape index (κ1) is 14.8. The van der Waals surface area contributed by atoms with Crippen LogP contribution in [0.15, 0.2) is 18.2 Å². The molecule has 1 aromatic carbocycles. The molecule has 0 aliphatic rings. The second kappa shape index (κ2) is 7.24. The van der Waals surface area contributed by atoms with Crippen LogP contribution in [0.1, 0.15) is 19.4 Å². The number of benzene rings is 1. The summed E-state index contributed by atoms with van der Waals surface area (Å²) in [7, 11) is 0. The Morgan fingerprint density at radius 1 is 1.56 bits per heavy atom. The molecule has 0 aliphatic carbocycles. The van der Waals surface area contributed by atoms with Crippen molar-refractivity contribution in [3.8, 4) is 5.75 Å². The lowest BCUT2D eigenvalue weighted by Gasteiger charge is -2.12. The largest absolute Gasteiger partial charge is 0.494 e. The molecule has 0 aromatic heterocycles. The van der Waals surface area contributed by atoms with E-state index in [0.29, 0.717) is 24.6 Å². The van der Waals surface area contributed by atoms with Gasteiger partial charge in [-0.15, -0.1) is 0 Å². The van der Waals surface area contributed by atoms with Gasteiger partial charge in [-0.25, -0.2) is 0 Å². The molecule has 0 heterocycles. The third kappa shape index (κ3) is 4.55. The van der Waals surface area contributed by atoms with E-state index in [9.17, 15) is 4.79 Å². The SMILES string of the molecule is CCOc1ccc(Cl)cc1CCNC(=O)C(C)N. The zero-order chi connectivity index (χ0) is 13.5. The second-order valence-corrected chi connectivity index (χ2v) is 4.45. The minimum Gasteiger partial charge on any atom is -0.494 e. The third-order valence-corrected chi connectivity index (χ3v) is 2.66. The second-order valence-electron chi connectivity index (χ2n) is 4.01. The minimum atomic E-state index is -0.490. The monoisotopic (exact) mass is 270 g/mol. The van der Waals surface area contributed by atoms with Crippen LogP contribution in [0.2, 0.25) is 5.02 Å². The maximum Gasteiger partial charge on any atom is 0.236 e. The molecule has 18 heavy (non-hydrogen) atoms. The summed E-state index contributed by atoms with van der Waals surface area (Å²) in [6.45, 7) is 4.69. The van der Waals surface area contributed by atoms with Gasteiger partial charge < -0.3 is 15.8 Å². The highest BCUT2D eigenvalue weighted by molar-refractivity contribution is 6.30. The van der Waals surface area contributed by atoms with Crippen molar-refractivity contribution in [3.63, 3.8) is 0 Å². The Morgan fingerprint density at radius 3 is 2.89 bits per heavy atom. The van der Waals surface area contributed by atoms with E-state index in [1.54, 1.807) is 13.0 Å². The molecule has 3 N–H and O–H groups in total. The number of nitrogens with one attached hydrogen (secondary N) is 1. The third-order valence-electron chi connectivity index (χ3n) is 2.43. The lowest BCUT2D eigenvalue weighted by Crippen LogP contribution is -2.39. The lowest BCUT2D eigenvalue weighted by molar-refractivity contribution is -0.121. The van der Waals surface area contributed by atoms with E-state index < -0.39 is 6.04 Å². The fourth-order valence-electron chi connectivity index (χ4n) is 1.52. The van der Waals surface area contributed by atoms with Crippen molar-refractivity contribution in [2.75, 3.05) is 13.2 Å². The standard InChI is InChI=1S/C13H19ClN2O2/c1-3-18-12-5-4-11(14)8-10(12)6-7-16-13(17)9(2)15/h4-5,8-9H,3,6-7,15H2,1-2H3,(H,16,17). The van der Waals surface area contributed by atoms with Gasteiger partial charge >= 0.3 is 0 Å². The summed E-state index contributed by atoms with van der Waals surface area (Å²) in [5.74, 6) is 0.645. The number of carbonyl (C=O) groups excluding carboxylic acids is 1. The molecule has 1 unspecified atom stereocenters. The number of nitrogens with two attached hydrogens (primary N) is 1. The maximum atomic E-state index is 11.3. The Balaban J connectivity index is 2.60. The van der Waals surface area contributed by atoms with E-state index in [1.807, 2.05) is 19.1 Å². The van der Waals surface area contributed by atoms with Crippen molar-refractivity contribution < 1.29 is 9.53 Å². The maximum absolute atomic E-state index is 11.3. The molecule has 0 radical (unpaired) electrons. The number of carbonyl (C=O) groups is 1. The molecule has 1 atom stereocenters. The van der Waals surface area contributed by atoms with E-state index in [0.717, 1.165) is 11.3 Å². The van der Waals surface area contributed by atoms with E-state index in [1.165, 1.54) is 0 Å². The van der Waals surface area contributed by atoms with Crippen molar-refractivity contribution in [1.82, 2.24) is 5.32 Å². The summed E-state index contributed by atoms with van der Waals surface area (Å²) >= 11 is 5.95.